The average Bonchev–Trinajstić information content (AvgIpc) is 2.98. The Hall–Kier alpha value is -2.54. The number of carbonyl (C=O) groups excluding carboxylic acids is 1. The van der Waals surface area contributed by atoms with Gasteiger partial charge in [0.2, 0.25) is 5.91 Å². The maximum Gasteiger partial charge on any atom is 0.239 e. The molecule has 1 atom stereocenters. The van der Waals surface area contributed by atoms with Crippen LogP contribution in [0.4, 0.5) is 11.5 Å². The van der Waals surface area contributed by atoms with Gasteiger partial charge in [0.05, 0.1) is 18.8 Å². The molecule has 0 aliphatic carbocycles. The molecule has 1 N–H and O–H groups in total. The SMILES string of the molecule is CCN1C[C@@H](CN(C)CC(=O)Nc2cc(C)on2)Oc2ccccc21. The molecule has 1 aromatic carbocycles. The lowest BCUT2D eigenvalue weighted by atomic mass is 10.2. The van der Waals surface area contributed by atoms with Crippen molar-refractivity contribution in [3.63, 3.8) is 0 Å². The topological polar surface area (TPSA) is 70.8 Å². The van der Waals surface area contributed by atoms with E-state index in [1.165, 1.54) is 0 Å². The standard InChI is InChI=1S/C18H24N4O3/c1-4-22-11-14(24-16-8-6-5-7-15(16)22)10-21(3)12-18(23)19-17-9-13(2)25-20-17/h5-9,14H,4,10-12H2,1-3H3,(H,19,20,23)/t14-/m1/s1. The minimum absolute atomic E-state index is 0.0157. The molecule has 2 heterocycles. The number of fused-ring (bicyclic) bond motifs is 1. The molecule has 1 aliphatic heterocycles. The summed E-state index contributed by atoms with van der Waals surface area (Å²) in [4.78, 5) is 16.4. The summed E-state index contributed by atoms with van der Waals surface area (Å²) in [5.74, 6) is 1.88. The third kappa shape index (κ3) is 4.30. The van der Waals surface area contributed by atoms with Crippen molar-refractivity contribution < 1.29 is 14.1 Å². The molecule has 0 saturated carbocycles. The van der Waals surface area contributed by atoms with Gasteiger partial charge >= 0.3 is 0 Å². The zero-order chi connectivity index (χ0) is 17.8. The summed E-state index contributed by atoms with van der Waals surface area (Å²) in [6.45, 7) is 6.58. The summed E-state index contributed by atoms with van der Waals surface area (Å²) in [5, 5.41) is 6.50. The molecule has 3 rings (SSSR count). The molecule has 1 aliphatic rings. The summed E-state index contributed by atoms with van der Waals surface area (Å²) in [6, 6.07) is 9.76. The molecule has 7 nitrogen and oxygen atoms in total. The minimum atomic E-state index is -0.126. The number of rotatable bonds is 6. The van der Waals surface area contributed by atoms with Crippen LogP contribution in [0.15, 0.2) is 34.9 Å². The molecule has 0 bridgehead atoms. The van der Waals surface area contributed by atoms with E-state index < -0.39 is 0 Å². The number of carbonyl (C=O) groups is 1. The molecule has 2 aromatic rings. The number of hydrogen-bond acceptors (Lipinski definition) is 6. The molecule has 0 fully saturated rings. The Kier molecular flexibility index (Phi) is 5.23. The molecule has 0 unspecified atom stereocenters. The number of amides is 1. The van der Waals surface area contributed by atoms with Crippen LogP contribution in [-0.4, -0.2) is 55.3 Å². The summed E-state index contributed by atoms with van der Waals surface area (Å²) in [5.41, 5.74) is 1.13. The van der Waals surface area contributed by atoms with E-state index in [4.69, 9.17) is 9.26 Å². The number of nitrogens with zero attached hydrogens (tertiary/aromatic N) is 3. The Morgan fingerprint density at radius 2 is 2.24 bits per heavy atom. The van der Waals surface area contributed by atoms with Gasteiger partial charge in [0.1, 0.15) is 17.6 Å². The number of aryl methyl sites for hydroxylation is 1. The number of anilines is 2. The van der Waals surface area contributed by atoms with E-state index >= 15 is 0 Å². The van der Waals surface area contributed by atoms with Crippen molar-refractivity contribution in [2.75, 3.05) is 43.4 Å². The van der Waals surface area contributed by atoms with Gasteiger partial charge < -0.3 is 19.5 Å². The largest absolute Gasteiger partial charge is 0.485 e. The lowest BCUT2D eigenvalue weighted by Crippen LogP contribution is -2.46. The van der Waals surface area contributed by atoms with Crippen LogP contribution in [0.2, 0.25) is 0 Å². The fourth-order valence-electron chi connectivity index (χ4n) is 3.04. The number of ether oxygens (including phenoxy) is 1. The van der Waals surface area contributed by atoms with Crippen molar-refractivity contribution in [1.29, 1.82) is 0 Å². The number of aromatic nitrogens is 1. The number of likely N-dealkylation sites (N-methyl/N-ethyl adjacent to an activating group) is 2. The van der Waals surface area contributed by atoms with Crippen LogP contribution in [0.1, 0.15) is 12.7 Å². The van der Waals surface area contributed by atoms with Crippen LogP contribution >= 0.6 is 0 Å². The molecule has 1 amide bonds. The van der Waals surface area contributed by atoms with Crippen molar-refractivity contribution in [2.24, 2.45) is 0 Å². The van der Waals surface area contributed by atoms with Crippen molar-refractivity contribution >= 4 is 17.4 Å². The maximum absolute atomic E-state index is 12.1. The maximum atomic E-state index is 12.1. The Labute approximate surface area is 147 Å². The molecule has 134 valence electrons. The normalized spacial score (nSPS) is 16.5. The van der Waals surface area contributed by atoms with Gasteiger partial charge in [-0.3, -0.25) is 9.69 Å². The molecule has 0 spiro atoms. The van der Waals surface area contributed by atoms with E-state index in [0.717, 1.165) is 24.5 Å². The first-order chi connectivity index (χ1) is 12.0. The Balaban J connectivity index is 1.54. The monoisotopic (exact) mass is 344 g/mol. The summed E-state index contributed by atoms with van der Waals surface area (Å²) >= 11 is 0. The smallest absolute Gasteiger partial charge is 0.239 e. The quantitative estimate of drug-likeness (QED) is 0.866. The van der Waals surface area contributed by atoms with Crippen LogP contribution in [0.25, 0.3) is 0 Å². The highest BCUT2D eigenvalue weighted by Gasteiger charge is 2.25. The van der Waals surface area contributed by atoms with Crippen molar-refractivity contribution in [2.45, 2.75) is 20.0 Å². The number of nitrogens with one attached hydrogen (secondary N) is 1. The Morgan fingerprint density at radius 1 is 1.44 bits per heavy atom. The molecule has 0 radical (unpaired) electrons. The van der Waals surface area contributed by atoms with E-state index in [2.05, 4.69) is 28.4 Å². The molecule has 0 saturated heterocycles. The Morgan fingerprint density at radius 3 is 2.96 bits per heavy atom. The van der Waals surface area contributed by atoms with Gasteiger partial charge in [0, 0.05) is 19.2 Å². The summed E-state index contributed by atoms with van der Waals surface area (Å²) < 4.78 is 11.0. The van der Waals surface area contributed by atoms with Crippen LogP contribution in [0.3, 0.4) is 0 Å². The third-order valence-corrected chi connectivity index (χ3v) is 4.13. The lowest BCUT2D eigenvalue weighted by molar-refractivity contribution is -0.117. The second-order valence-corrected chi connectivity index (χ2v) is 6.31. The Bertz CT molecular complexity index is 731. The molecule has 1 aromatic heterocycles. The van der Waals surface area contributed by atoms with Crippen molar-refractivity contribution in [3.8, 4) is 5.75 Å². The number of para-hydroxylation sites is 2. The third-order valence-electron chi connectivity index (χ3n) is 4.13. The van der Waals surface area contributed by atoms with Gasteiger partial charge in [0.15, 0.2) is 5.82 Å². The van der Waals surface area contributed by atoms with Crippen molar-refractivity contribution in [3.05, 3.63) is 36.1 Å². The highest BCUT2D eigenvalue weighted by molar-refractivity contribution is 5.91. The zero-order valence-electron chi connectivity index (χ0n) is 14.9. The van der Waals surface area contributed by atoms with E-state index in [0.29, 0.717) is 18.1 Å². The van der Waals surface area contributed by atoms with Crippen molar-refractivity contribution in [1.82, 2.24) is 10.1 Å². The van der Waals surface area contributed by atoms with Crippen LogP contribution in [0, 0.1) is 6.92 Å². The predicted molar refractivity (Wildman–Crippen MR) is 96.1 cm³/mol. The van der Waals surface area contributed by atoms with Gasteiger partial charge in [-0.15, -0.1) is 0 Å². The average molecular weight is 344 g/mol. The molecule has 25 heavy (non-hydrogen) atoms. The second kappa shape index (κ2) is 7.57. The summed E-state index contributed by atoms with van der Waals surface area (Å²) in [6.07, 6.45) is 0.0157. The first-order valence-corrected chi connectivity index (χ1v) is 8.47. The fourth-order valence-corrected chi connectivity index (χ4v) is 3.04. The van der Waals surface area contributed by atoms with Gasteiger partial charge in [-0.2, -0.15) is 0 Å². The van der Waals surface area contributed by atoms with Gasteiger partial charge in [-0.1, -0.05) is 17.3 Å². The highest BCUT2D eigenvalue weighted by Crippen LogP contribution is 2.32. The van der Waals surface area contributed by atoms with Gasteiger partial charge in [0.25, 0.3) is 0 Å². The van der Waals surface area contributed by atoms with E-state index in [9.17, 15) is 4.79 Å². The number of benzene rings is 1. The predicted octanol–water partition coefficient (Wildman–Crippen LogP) is 2.14. The van der Waals surface area contributed by atoms with E-state index in [1.54, 1.807) is 13.0 Å². The van der Waals surface area contributed by atoms with E-state index in [-0.39, 0.29) is 18.6 Å². The molecular weight excluding hydrogens is 320 g/mol. The van der Waals surface area contributed by atoms with Gasteiger partial charge in [-0.05, 0) is 33.0 Å². The number of hydrogen-bond donors (Lipinski definition) is 1. The summed E-state index contributed by atoms with van der Waals surface area (Å²) in [7, 11) is 1.91. The van der Waals surface area contributed by atoms with E-state index in [1.807, 2.05) is 30.1 Å². The zero-order valence-corrected chi connectivity index (χ0v) is 14.9. The first kappa shape index (κ1) is 17.3. The minimum Gasteiger partial charge on any atom is -0.485 e. The first-order valence-electron chi connectivity index (χ1n) is 8.47. The molecular formula is C18H24N4O3. The fraction of sp³-hybridized carbons (Fsp3) is 0.444. The second-order valence-electron chi connectivity index (χ2n) is 6.31. The van der Waals surface area contributed by atoms with Gasteiger partial charge in [-0.25, -0.2) is 0 Å². The lowest BCUT2D eigenvalue weighted by Gasteiger charge is -2.37. The van der Waals surface area contributed by atoms with Crippen LogP contribution in [0.5, 0.6) is 5.75 Å². The molecule has 7 heteroatoms. The highest BCUT2D eigenvalue weighted by atomic mass is 16.5. The van der Waals surface area contributed by atoms with Crippen LogP contribution < -0.4 is 15.0 Å². The van der Waals surface area contributed by atoms with Crippen LogP contribution in [-0.2, 0) is 4.79 Å².